The van der Waals surface area contributed by atoms with Crippen LogP contribution in [-0.4, -0.2) is 65.5 Å². The molecule has 7 nitrogen and oxygen atoms in total. The number of fused-ring (bicyclic) bond motifs is 1. The second-order valence-corrected chi connectivity index (χ2v) is 8.92. The summed E-state index contributed by atoms with van der Waals surface area (Å²) in [6.45, 7) is 1.24. The Labute approximate surface area is 199 Å². The van der Waals surface area contributed by atoms with Crippen molar-refractivity contribution in [2.75, 3.05) is 34.3 Å². The summed E-state index contributed by atoms with van der Waals surface area (Å²) in [6, 6.07) is 12.7. The summed E-state index contributed by atoms with van der Waals surface area (Å²) < 4.78 is 21.7. The number of likely N-dealkylation sites (tertiary alicyclic amines) is 1. The molecule has 3 aromatic rings. The molecular weight excluding hydrogens is 435 g/mol. The van der Waals surface area contributed by atoms with Gasteiger partial charge in [-0.05, 0) is 31.0 Å². The smallest absolute Gasteiger partial charge is 0.223 e. The van der Waals surface area contributed by atoms with Gasteiger partial charge in [0, 0.05) is 64.1 Å². The van der Waals surface area contributed by atoms with Gasteiger partial charge in [0.1, 0.15) is 17.4 Å². The second-order valence-electron chi connectivity index (χ2n) is 8.92. The zero-order valence-electron chi connectivity index (χ0n) is 20.0. The van der Waals surface area contributed by atoms with E-state index in [2.05, 4.69) is 4.57 Å². The van der Waals surface area contributed by atoms with Gasteiger partial charge in [-0.15, -0.1) is 0 Å². The topological polar surface area (TPSA) is 67.7 Å². The van der Waals surface area contributed by atoms with Crippen LogP contribution in [0.5, 0.6) is 5.75 Å². The maximum absolute atomic E-state index is 13.9. The molecule has 0 radical (unpaired) electrons. The molecule has 8 heteroatoms. The lowest BCUT2D eigenvalue weighted by molar-refractivity contribution is -0.136. The van der Waals surface area contributed by atoms with Crippen LogP contribution in [0.15, 0.2) is 42.5 Å². The Balaban J connectivity index is 1.54. The first-order chi connectivity index (χ1) is 16.4. The molecule has 0 atom stereocenters. The first kappa shape index (κ1) is 23.7. The van der Waals surface area contributed by atoms with Crippen molar-refractivity contribution in [3.63, 3.8) is 0 Å². The van der Waals surface area contributed by atoms with E-state index < -0.39 is 0 Å². The van der Waals surface area contributed by atoms with Crippen molar-refractivity contribution in [2.45, 2.75) is 38.1 Å². The van der Waals surface area contributed by atoms with Crippen LogP contribution in [0.2, 0.25) is 0 Å². The van der Waals surface area contributed by atoms with Crippen LogP contribution in [0, 0.1) is 5.82 Å². The van der Waals surface area contributed by atoms with Gasteiger partial charge in [0.25, 0.3) is 0 Å². The largest absolute Gasteiger partial charge is 0.496 e. The molecule has 2 heterocycles. The first-order valence-electron chi connectivity index (χ1n) is 11.6. The second kappa shape index (κ2) is 10.2. The van der Waals surface area contributed by atoms with E-state index in [9.17, 15) is 14.0 Å². The van der Waals surface area contributed by atoms with Crippen LogP contribution < -0.4 is 4.74 Å². The van der Waals surface area contributed by atoms with Gasteiger partial charge in [-0.3, -0.25) is 9.59 Å². The monoisotopic (exact) mass is 466 g/mol. The molecule has 0 N–H and O–H groups in total. The van der Waals surface area contributed by atoms with Gasteiger partial charge in [-0.25, -0.2) is 9.37 Å². The van der Waals surface area contributed by atoms with Crippen molar-refractivity contribution in [1.82, 2.24) is 19.4 Å². The molecule has 1 aliphatic rings. The number of nitrogens with zero attached hydrogens (tertiary/aromatic N) is 4. The van der Waals surface area contributed by atoms with Crippen LogP contribution in [0.4, 0.5) is 4.39 Å². The highest BCUT2D eigenvalue weighted by Crippen LogP contribution is 2.31. The highest BCUT2D eigenvalue weighted by Gasteiger charge is 2.27. The van der Waals surface area contributed by atoms with Crippen molar-refractivity contribution in [2.24, 2.45) is 0 Å². The molecule has 180 valence electrons. The number of rotatable bonds is 7. The van der Waals surface area contributed by atoms with E-state index >= 15 is 0 Å². The SMILES string of the molecule is COc1ccccc1Cc1nc2cc(F)ccc2n1C1CCN(C(=O)CCC(=O)N(C)C)CC1. The van der Waals surface area contributed by atoms with E-state index in [1.54, 1.807) is 27.3 Å². The lowest BCUT2D eigenvalue weighted by Gasteiger charge is -2.34. The van der Waals surface area contributed by atoms with Gasteiger partial charge < -0.3 is 19.1 Å². The van der Waals surface area contributed by atoms with Gasteiger partial charge >= 0.3 is 0 Å². The molecule has 0 spiro atoms. The lowest BCUT2D eigenvalue weighted by atomic mass is 10.0. The predicted molar refractivity (Wildman–Crippen MR) is 128 cm³/mol. The summed E-state index contributed by atoms with van der Waals surface area (Å²) in [5.41, 5.74) is 2.54. The molecule has 1 aliphatic heterocycles. The minimum absolute atomic E-state index is 0.0143. The maximum Gasteiger partial charge on any atom is 0.223 e. The average Bonchev–Trinajstić information content (AvgIpc) is 3.19. The number of halogens is 1. The van der Waals surface area contributed by atoms with E-state index in [0.717, 1.165) is 35.5 Å². The fraction of sp³-hybridized carbons (Fsp3) is 0.423. The molecule has 2 amide bonds. The number of hydrogen-bond donors (Lipinski definition) is 0. The first-order valence-corrected chi connectivity index (χ1v) is 11.6. The van der Waals surface area contributed by atoms with E-state index in [1.807, 2.05) is 29.2 Å². The van der Waals surface area contributed by atoms with Crippen molar-refractivity contribution in [3.05, 3.63) is 59.7 Å². The third-order valence-electron chi connectivity index (χ3n) is 6.50. The molecule has 34 heavy (non-hydrogen) atoms. The summed E-state index contributed by atoms with van der Waals surface area (Å²) in [7, 11) is 5.04. The number of piperidine rings is 1. The third kappa shape index (κ3) is 5.05. The molecule has 0 aliphatic carbocycles. The minimum Gasteiger partial charge on any atom is -0.496 e. The number of amides is 2. The van der Waals surface area contributed by atoms with Crippen LogP contribution >= 0.6 is 0 Å². The standard InChI is InChI=1S/C26H31FN4O3/c1-29(2)25(32)10-11-26(33)30-14-12-20(13-15-30)31-22-9-8-19(27)17-21(22)28-24(31)16-18-6-4-5-7-23(18)34-3/h4-9,17,20H,10-16H2,1-3H3. The van der Waals surface area contributed by atoms with Crippen molar-refractivity contribution >= 4 is 22.8 Å². The van der Waals surface area contributed by atoms with Crippen LogP contribution in [0.25, 0.3) is 11.0 Å². The Morgan fingerprint density at radius 2 is 1.85 bits per heavy atom. The van der Waals surface area contributed by atoms with Crippen molar-refractivity contribution < 1.29 is 18.7 Å². The molecule has 2 aromatic carbocycles. The third-order valence-corrected chi connectivity index (χ3v) is 6.50. The van der Waals surface area contributed by atoms with Crippen LogP contribution in [0.1, 0.15) is 43.1 Å². The number of benzene rings is 2. The summed E-state index contributed by atoms with van der Waals surface area (Å²) >= 11 is 0. The van der Waals surface area contributed by atoms with Gasteiger partial charge in [-0.2, -0.15) is 0 Å². The number of carbonyl (C=O) groups excluding carboxylic acids is 2. The number of para-hydroxylation sites is 1. The highest BCUT2D eigenvalue weighted by molar-refractivity contribution is 5.83. The lowest BCUT2D eigenvalue weighted by Crippen LogP contribution is -2.39. The Hall–Kier alpha value is -3.42. The number of carbonyl (C=O) groups is 2. The van der Waals surface area contributed by atoms with E-state index in [4.69, 9.17) is 9.72 Å². The Morgan fingerprint density at radius 3 is 2.56 bits per heavy atom. The number of methoxy groups -OCH3 is 1. The maximum atomic E-state index is 13.9. The van der Waals surface area contributed by atoms with Gasteiger partial charge in [0.2, 0.25) is 11.8 Å². The molecular formula is C26H31FN4O3. The van der Waals surface area contributed by atoms with Crippen LogP contribution in [-0.2, 0) is 16.0 Å². The summed E-state index contributed by atoms with van der Waals surface area (Å²) in [5, 5.41) is 0. The van der Waals surface area contributed by atoms with E-state index in [-0.39, 0.29) is 36.5 Å². The Morgan fingerprint density at radius 1 is 1.12 bits per heavy atom. The molecule has 0 saturated carbocycles. The molecule has 4 rings (SSSR count). The van der Waals surface area contributed by atoms with Gasteiger partial charge in [-0.1, -0.05) is 18.2 Å². The Kier molecular flexibility index (Phi) is 7.14. The minimum atomic E-state index is -0.311. The zero-order chi connectivity index (χ0) is 24.2. The highest BCUT2D eigenvalue weighted by atomic mass is 19.1. The molecule has 1 aromatic heterocycles. The fourth-order valence-corrected chi connectivity index (χ4v) is 4.64. The van der Waals surface area contributed by atoms with Gasteiger partial charge in [0.15, 0.2) is 0 Å². The van der Waals surface area contributed by atoms with Crippen molar-refractivity contribution in [1.29, 1.82) is 0 Å². The molecule has 0 bridgehead atoms. The van der Waals surface area contributed by atoms with Gasteiger partial charge in [0.05, 0.1) is 18.1 Å². The zero-order valence-corrected chi connectivity index (χ0v) is 20.0. The van der Waals surface area contributed by atoms with Crippen molar-refractivity contribution in [3.8, 4) is 5.75 Å². The summed E-state index contributed by atoms with van der Waals surface area (Å²) in [6.07, 6.45) is 2.57. The normalized spacial score (nSPS) is 14.4. The predicted octanol–water partition coefficient (Wildman–Crippen LogP) is 3.81. The average molecular weight is 467 g/mol. The van der Waals surface area contributed by atoms with Crippen LogP contribution in [0.3, 0.4) is 0 Å². The summed E-state index contributed by atoms with van der Waals surface area (Å²) in [4.78, 5) is 32.6. The molecule has 0 unspecified atom stereocenters. The molecule has 1 fully saturated rings. The Bertz CT molecular complexity index is 1180. The quantitative estimate of drug-likeness (QED) is 0.531. The number of ether oxygens (including phenoxy) is 1. The number of imidazole rings is 1. The number of hydrogen-bond acceptors (Lipinski definition) is 4. The summed E-state index contributed by atoms with van der Waals surface area (Å²) in [5.74, 6) is 1.31. The van der Waals surface area contributed by atoms with E-state index in [1.165, 1.54) is 17.0 Å². The number of aromatic nitrogens is 2. The van der Waals surface area contributed by atoms with E-state index in [0.29, 0.717) is 25.0 Å². The molecule has 1 saturated heterocycles. The fourth-order valence-electron chi connectivity index (χ4n) is 4.64.